The molecule has 0 spiro atoms. The lowest BCUT2D eigenvalue weighted by molar-refractivity contribution is -0.124. The number of anilines is 1. The largest absolute Gasteiger partial charge is 0.381 e. The number of aryl methyl sites for hydroxylation is 1. The van der Waals surface area contributed by atoms with E-state index in [4.69, 9.17) is 10.5 Å². The molecule has 3 N–H and O–H groups in total. The van der Waals surface area contributed by atoms with Gasteiger partial charge in [-0.15, -0.1) is 23.7 Å². The first-order valence-electron chi connectivity index (χ1n) is 8.86. The van der Waals surface area contributed by atoms with Crippen LogP contribution in [-0.2, 0) is 22.4 Å². The Morgan fingerprint density at radius 2 is 2.00 bits per heavy atom. The predicted octanol–water partition coefficient (Wildman–Crippen LogP) is 3.28. The van der Waals surface area contributed by atoms with Crippen LogP contribution in [0.25, 0.3) is 0 Å². The van der Waals surface area contributed by atoms with Crippen LogP contribution in [0.4, 0.5) is 5.13 Å². The van der Waals surface area contributed by atoms with Crippen molar-refractivity contribution in [2.45, 2.75) is 43.6 Å². The molecular weight excluding hydrogens is 370 g/mol. The van der Waals surface area contributed by atoms with E-state index in [1.165, 1.54) is 10.4 Å². The quantitative estimate of drug-likeness (QED) is 0.838. The minimum atomic E-state index is -0.836. The number of halogens is 1. The number of nitrogens with two attached hydrogens (primary N) is 1. The van der Waals surface area contributed by atoms with Crippen LogP contribution in [0.5, 0.6) is 0 Å². The maximum Gasteiger partial charge on any atom is 0.246 e. The molecule has 0 saturated carbocycles. The van der Waals surface area contributed by atoms with Crippen LogP contribution >= 0.6 is 23.7 Å². The Morgan fingerprint density at radius 1 is 1.27 bits per heavy atom. The van der Waals surface area contributed by atoms with Gasteiger partial charge in [0.15, 0.2) is 5.13 Å². The van der Waals surface area contributed by atoms with Crippen molar-refractivity contribution in [2.75, 3.05) is 18.5 Å². The van der Waals surface area contributed by atoms with E-state index in [0.717, 1.165) is 25.0 Å². The van der Waals surface area contributed by atoms with Gasteiger partial charge < -0.3 is 15.8 Å². The number of carbonyl (C=O) groups is 1. The van der Waals surface area contributed by atoms with Crippen molar-refractivity contribution in [1.29, 1.82) is 0 Å². The highest BCUT2D eigenvalue weighted by molar-refractivity contribution is 7.15. The number of hydrogen-bond acceptors (Lipinski definition) is 5. The van der Waals surface area contributed by atoms with Crippen LogP contribution in [0.3, 0.4) is 0 Å². The van der Waals surface area contributed by atoms with Gasteiger partial charge in [-0.25, -0.2) is 4.98 Å². The summed E-state index contributed by atoms with van der Waals surface area (Å²) in [5, 5.41) is 3.63. The second kappa shape index (κ2) is 8.05. The van der Waals surface area contributed by atoms with Crippen LogP contribution in [0.2, 0.25) is 0 Å². The molecule has 1 unspecified atom stereocenters. The molecular formula is C19H24ClN3O2S. The molecule has 1 aliphatic carbocycles. The molecule has 2 aliphatic rings. The summed E-state index contributed by atoms with van der Waals surface area (Å²) >= 11 is 1.59. The van der Waals surface area contributed by atoms with Gasteiger partial charge in [0.2, 0.25) is 5.91 Å². The average Bonchev–Trinajstić information content (AvgIpc) is 3.04. The number of carbonyl (C=O) groups excluding carboxylic acids is 1. The first-order chi connectivity index (χ1) is 12.1. The minimum absolute atomic E-state index is 0. The number of rotatable bonds is 3. The van der Waals surface area contributed by atoms with E-state index < -0.39 is 5.54 Å². The van der Waals surface area contributed by atoms with Gasteiger partial charge in [0.1, 0.15) is 5.54 Å². The maximum atomic E-state index is 12.6. The van der Waals surface area contributed by atoms with E-state index in [-0.39, 0.29) is 18.3 Å². The fourth-order valence-electron chi connectivity index (χ4n) is 3.62. The molecule has 7 heteroatoms. The van der Waals surface area contributed by atoms with Crippen molar-refractivity contribution in [3.8, 4) is 0 Å². The molecule has 2 heterocycles. The number of aromatic nitrogens is 1. The van der Waals surface area contributed by atoms with Crippen LogP contribution in [0.15, 0.2) is 30.3 Å². The topological polar surface area (TPSA) is 77.2 Å². The second-order valence-corrected chi connectivity index (χ2v) is 8.05. The average molecular weight is 394 g/mol. The number of nitrogens with zero attached hydrogens (tertiary/aromatic N) is 1. The van der Waals surface area contributed by atoms with Crippen LogP contribution < -0.4 is 11.1 Å². The molecule has 140 valence electrons. The summed E-state index contributed by atoms with van der Waals surface area (Å²) in [6.45, 7) is 1.08. The van der Waals surface area contributed by atoms with Crippen LogP contribution in [-0.4, -0.2) is 29.6 Å². The number of amides is 1. The van der Waals surface area contributed by atoms with Crippen LogP contribution in [0, 0.1) is 0 Å². The summed E-state index contributed by atoms with van der Waals surface area (Å²) in [7, 11) is 0. The molecule has 1 atom stereocenters. The third-order valence-electron chi connectivity index (χ3n) is 5.27. The standard InChI is InChI=1S/C19H23N3O2S.ClH/c20-19(8-10-24-11-9-19)17(23)22-18-21-15-7-6-14(12-16(15)25-18)13-4-2-1-3-5-13;/h1-5,14H,6-12,20H2,(H,21,22,23);1H. The molecule has 1 fully saturated rings. The lowest BCUT2D eigenvalue weighted by Gasteiger charge is -2.31. The third kappa shape index (κ3) is 3.93. The first kappa shape index (κ1) is 19.3. The minimum Gasteiger partial charge on any atom is -0.381 e. The molecule has 26 heavy (non-hydrogen) atoms. The number of nitrogens with one attached hydrogen (secondary N) is 1. The smallest absolute Gasteiger partial charge is 0.246 e. The SMILES string of the molecule is Cl.NC1(C(=O)Nc2nc3c(s2)CC(c2ccccc2)CC3)CCOCC1. The van der Waals surface area contributed by atoms with Crippen molar-refractivity contribution in [1.82, 2.24) is 4.98 Å². The molecule has 5 nitrogen and oxygen atoms in total. The maximum absolute atomic E-state index is 12.6. The summed E-state index contributed by atoms with van der Waals surface area (Å²) in [4.78, 5) is 18.5. The predicted molar refractivity (Wildman–Crippen MR) is 106 cm³/mol. The number of benzene rings is 1. The monoisotopic (exact) mass is 393 g/mol. The molecule has 1 aromatic carbocycles. The molecule has 0 bridgehead atoms. The Labute approximate surface area is 163 Å². The molecule has 1 aliphatic heterocycles. The Bertz CT molecular complexity index is 759. The number of ether oxygens (including phenoxy) is 1. The summed E-state index contributed by atoms with van der Waals surface area (Å²) < 4.78 is 5.31. The normalized spacial score (nSPS) is 21.3. The number of hydrogen-bond donors (Lipinski definition) is 2. The molecule has 2 aromatic rings. The van der Waals surface area contributed by atoms with Crippen molar-refractivity contribution in [3.63, 3.8) is 0 Å². The molecule has 0 radical (unpaired) electrons. The van der Waals surface area contributed by atoms with Gasteiger partial charge in [-0.2, -0.15) is 0 Å². The summed E-state index contributed by atoms with van der Waals surface area (Å²) in [6, 6.07) is 10.6. The Hall–Kier alpha value is -1.47. The highest BCUT2D eigenvalue weighted by Gasteiger charge is 2.36. The lowest BCUT2D eigenvalue weighted by Crippen LogP contribution is -2.54. The fourth-order valence-corrected chi connectivity index (χ4v) is 4.71. The molecule has 4 rings (SSSR count). The van der Waals surface area contributed by atoms with E-state index in [2.05, 4.69) is 40.6 Å². The van der Waals surface area contributed by atoms with Crippen molar-refractivity contribution >= 4 is 34.8 Å². The zero-order chi connectivity index (χ0) is 17.3. The second-order valence-electron chi connectivity index (χ2n) is 6.96. The van der Waals surface area contributed by atoms with Gasteiger partial charge in [-0.3, -0.25) is 4.79 Å². The Kier molecular flexibility index (Phi) is 5.97. The molecule has 1 saturated heterocycles. The zero-order valence-corrected chi connectivity index (χ0v) is 16.2. The van der Waals surface area contributed by atoms with Gasteiger partial charge in [-0.05, 0) is 43.6 Å². The van der Waals surface area contributed by atoms with Crippen molar-refractivity contribution in [2.24, 2.45) is 5.73 Å². The van der Waals surface area contributed by atoms with Crippen molar-refractivity contribution in [3.05, 3.63) is 46.5 Å². The van der Waals surface area contributed by atoms with Gasteiger partial charge >= 0.3 is 0 Å². The van der Waals surface area contributed by atoms with E-state index >= 15 is 0 Å². The van der Waals surface area contributed by atoms with E-state index in [0.29, 0.717) is 37.1 Å². The highest BCUT2D eigenvalue weighted by Crippen LogP contribution is 2.37. The third-order valence-corrected chi connectivity index (χ3v) is 6.30. The van der Waals surface area contributed by atoms with Crippen molar-refractivity contribution < 1.29 is 9.53 Å². The van der Waals surface area contributed by atoms with E-state index in [1.54, 1.807) is 11.3 Å². The fraction of sp³-hybridized carbons (Fsp3) is 0.474. The van der Waals surface area contributed by atoms with Gasteiger partial charge in [0.25, 0.3) is 0 Å². The number of thiazole rings is 1. The summed E-state index contributed by atoms with van der Waals surface area (Å²) in [6.07, 6.45) is 4.17. The zero-order valence-electron chi connectivity index (χ0n) is 14.6. The van der Waals surface area contributed by atoms with E-state index in [9.17, 15) is 4.79 Å². The summed E-state index contributed by atoms with van der Waals surface area (Å²) in [5.74, 6) is 0.399. The highest BCUT2D eigenvalue weighted by atomic mass is 35.5. The molecule has 1 aromatic heterocycles. The van der Waals surface area contributed by atoms with E-state index in [1.807, 2.05) is 0 Å². The summed E-state index contributed by atoms with van der Waals surface area (Å²) in [5.41, 5.74) is 7.93. The Morgan fingerprint density at radius 3 is 2.73 bits per heavy atom. The van der Waals surface area contributed by atoms with Gasteiger partial charge in [0, 0.05) is 18.1 Å². The van der Waals surface area contributed by atoms with Gasteiger partial charge in [-0.1, -0.05) is 30.3 Å². The molecule has 1 amide bonds. The van der Waals surface area contributed by atoms with Gasteiger partial charge in [0.05, 0.1) is 5.69 Å². The number of fused-ring (bicyclic) bond motifs is 1. The Balaban J connectivity index is 0.00000196. The lowest BCUT2D eigenvalue weighted by atomic mass is 9.85. The van der Waals surface area contributed by atoms with Crippen LogP contribution in [0.1, 0.15) is 41.3 Å². The first-order valence-corrected chi connectivity index (χ1v) is 9.67.